The number of alkyl halides is 3. The Hall–Kier alpha value is -1.35. The van der Waals surface area contributed by atoms with E-state index in [2.05, 4.69) is 9.84 Å². The van der Waals surface area contributed by atoms with Crippen LogP contribution in [-0.2, 0) is 11.3 Å². The van der Waals surface area contributed by atoms with E-state index >= 15 is 0 Å². The Bertz CT molecular complexity index is 407. The van der Waals surface area contributed by atoms with Crippen molar-refractivity contribution in [2.24, 2.45) is 0 Å². The highest BCUT2D eigenvalue weighted by Gasteiger charge is 2.27. The fraction of sp³-hybridized carbons (Fsp3) is 0.571. The van der Waals surface area contributed by atoms with Gasteiger partial charge >= 0.3 is 12.0 Å². The second-order valence-electron chi connectivity index (χ2n) is 2.99. The Labute approximate surface area is 98.1 Å². The first-order valence-electron chi connectivity index (χ1n) is 4.31. The minimum absolute atomic E-state index is 0.0519. The molecule has 1 heterocycles. The summed E-state index contributed by atoms with van der Waals surface area (Å²) in [5, 5.41) is 13.7. The van der Waals surface area contributed by atoms with Crippen LogP contribution in [0.15, 0.2) is 6.20 Å². The van der Waals surface area contributed by atoms with Crippen LogP contribution in [0.4, 0.5) is 19.0 Å². The largest absolute Gasteiger partial charge is 0.411 e. The van der Waals surface area contributed by atoms with Gasteiger partial charge in [0.2, 0.25) is 0 Å². The lowest BCUT2D eigenvalue weighted by Gasteiger charge is -2.06. The highest BCUT2D eigenvalue weighted by molar-refractivity contribution is 6.32. The fourth-order valence-corrected chi connectivity index (χ4v) is 1.19. The van der Waals surface area contributed by atoms with Crippen LogP contribution in [0.1, 0.15) is 0 Å². The van der Waals surface area contributed by atoms with Crippen LogP contribution >= 0.6 is 11.6 Å². The monoisotopic (exact) mass is 273 g/mol. The Kier molecular flexibility index (Phi) is 4.29. The summed E-state index contributed by atoms with van der Waals surface area (Å²) in [5.41, 5.74) is 0. The van der Waals surface area contributed by atoms with Crippen molar-refractivity contribution in [3.05, 3.63) is 21.3 Å². The molecule has 1 rings (SSSR count). The van der Waals surface area contributed by atoms with Crippen molar-refractivity contribution in [1.82, 2.24) is 9.78 Å². The molecule has 0 amide bonds. The third-order valence-corrected chi connectivity index (χ3v) is 1.87. The van der Waals surface area contributed by atoms with Gasteiger partial charge in [-0.25, -0.2) is 0 Å². The molecule has 96 valence electrons. The smallest absolute Gasteiger partial charge is 0.370 e. The molecule has 0 spiro atoms. The van der Waals surface area contributed by atoms with Gasteiger partial charge in [0.25, 0.3) is 0 Å². The molecule has 0 saturated carbocycles. The molecule has 0 atom stereocenters. The lowest BCUT2D eigenvalue weighted by atomic mass is 10.6. The van der Waals surface area contributed by atoms with Crippen molar-refractivity contribution in [2.75, 3.05) is 13.2 Å². The van der Waals surface area contributed by atoms with Crippen LogP contribution in [0, 0.1) is 10.1 Å². The maximum Gasteiger partial charge on any atom is 0.411 e. The Morgan fingerprint density at radius 3 is 2.71 bits per heavy atom. The van der Waals surface area contributed by atoms with Crippen LogP contribution in [0.25, 0.3) is 0 Å². The molecular formula is C7H7ClF3N3O3. The summed E-state index contributed by atoms with van der Waals surface area (Å²) in [6.45, 7) is -1.69. The Morgan fingerprint density at radius 1 is 1.59 bits per heavy atom. The number of halogens is 4. The Balaban J connectivity index is 2.43. The predicted molar refractivity (Wildman–Crippen MR) is 50.8 cm³/mol. The first-order valence-corrected chi connectivity index (χ1v) is 4.69. The third kappa shape index (κ3) is 4.57. The molecule has 6 nitrogen and oxygen atoms in total. The van der Waals surface area contributed by atoms with E-state index in [-0.39, 0.29) is 18.2 Å². The molecule has 0 bridgehead atoms. The van der Waals surface area contributed by atoms with Crippen molar-refractivity contribution in [3.63, 3.8) is 0 Å². The summed E-state index contributed by atoms with van der Waals surface area (Å²) in [6, 6.07) is 0. The SMILES string of the molecule is O=[N+]([O-])c1nn(CCOCC(F)(F)F)cc1Cl. The quantitative estimate of drug-likeness (QED) is 0.467. The summed E-state index contributed by atoms with van der Waals surface area (Å²) < 4.78 is 40.5. The molecule has 0 aliphatic rings. The molecule has 0 aliphatic carbocycles. The summed E-state index contributed by atoms with van der Waals surface area (Å²) in [4.78, 5) is 9.58. The minimum Gasteiger partial charge on any atom is -0.370 e. The Morgan fingerprint density at radius 2 is 2.24 bits per heavy atom. The van der Waals surface area contributed by atoms with Gasteiger partial charge in [0, 0.05) is 0 Å². The molecule has 0 aromatic carbocycles. The van der Waals surface area contributed by atoms with E-state index in [0.29, 0.717) is 0 Å². The molecule has 0 unspecified atom stereocenters. The van der Waals surface area contributed by atoms with Crippen LogP contribution in [-0.4, -0.2) is 34.1 Å². The molecule has 17 heavy (non-hydrogen) atoms. The molecule has 0 fully saturated rings. The van der Waals surface area contributed by atoms with Gasteiger partial charge in [-0.2, -0.15) is 17.9 Å². The highest BCUT2D eigenvalue weighted by atomic mass is 35.5. The lowest BCUT2D eigenvalue weighted by Crippen LogP contribution is -2.19. The van der Waals surface area contributed by atoms with Crippen molar-refractivity contribution in [2.45, 2.75) is 12.7 Å². The second kappa shape index (κ2) is 5.32. The standard InChI is InChI=1S/C7H7ClF3N3O3/c8-5-3-13(12-6(5)14(15)16)1-2-17-4-7(9,10)11/h3H,1-2,4H2. The van der Waals surface area contributed by atoms with E-state index in [1.807, 2.05) is 0 Å². The first-order chi connectivity index (χ1) is 7.79. The van der Waals surface area contributed by atoms with E-state index in [0.717, 1.165) is 10.9 Å². The van der Waals surface area contributed by atoms with E-state index < -0.39 is 23.5 Å². The lowest BCUT2D eigenvalue weighted by molar-refractivity contribution is -0.389. The van der Waals surface area contributed by atoms with Gasteiger partial charge in [-0.3, -0.25) is 0 Å². The van der Waals surface area contributed by atoms with Crippen LogP contribution < -0.4 is 0 Å². The zero-order valence-electron chi connectivity index (χ0n) is 8.28. The zero-order chi connectivity index (χ0) is 13.1. The summed E-state index contributed by atoms with van der Waals surface area (Å²) in [6.07, 6.45) is -3.25. The number of nitro groups is 1. The number of ether oxygens (including phenoxy) is 1. The van der Waals surface area contributed by atoms with Crippen LogP contribution in [0.2, 0.25) is 5.02 Å². The maximum absolute atomic E-state index is 11.7. The number of hydrogen-bond acceptors (Lipinski definition) is 4. The molecule has 1 aromatic rings. The number of nitrogens with zero attached hydrogens (tertiary/aromatic N) is 3. The topological polar surface area (TPSA) is 70.2 Å². The summed E-state index contributed by atoms with van der Waals surface area (Å²) >= 11 is 5.48. The van der Waals surface area contributed by atoms with Gasteiger partial charge < -0.3 is 14.9 Å². The molecule has 0 aliphatic heterocycles. The van der Waals surface area contributed by atoms with Gasteiger partial charge in [-0.1, -0.05) is 11.6 Å². The maximum atomic E-state index is 11.7. The van der Waals surface area contributed by atoms with Gasteiger partial charge in [-0.15, -0.1) is 0 Å². The highest BCUT2D eigenvalue weighted by Crippen LogP contribution is 2.21. The van der Waals surface area contributed by atoms with Crippen LogP contribution in [0.3, 0.4) is 0 Å². The van der Waals surface area contributed by atoms with E-state index in [1.54, 1.807) is 0 Å². The van der Waals surface area contributed by atoms with Crippen LogP contribution in [0.5, 0.6) is 0 Å². The first kappa shape index (κ1) is 13.7. The van der Waals surface area contributed by atoms with Gasteiger partial charge in [-0.05, 0) is 4.92 Å². The third-order valence-electron chi connectivity index (χ3n) is 1.60. The van der Waals surface area contributed by atoms with E-state index in [4.69, 9.17) is 11.6 Å². The molecular weight excluding hydrogens is 267 g/mol. The van der Waals surface area contributed by atoms with Crippen molar-refractivity contribution < 1.29 is 22.8 Å². The average molecular weight is 274 g/mol. The van der Waals surface area contributed by atoms with E-state index in [1.165, 1.54) is 0 Å². The van der Waals surface area contributed by atoms with Gasteiger partial charge in [0.15, 0.2) is 5.02 Å². The van der Waals surface area contributed by atoms with E-state index in [9.17, 15) is 23.3 Å². The second-order valence-corrected chi connectivity index (χ2v) is 3.40. The molecule has 1 aromatic heterocycles. The number of aromatic nitrogens is 2. The molecule has 10 heteroatoms. The zero-order valence-corrected chi connectivity index (χ0v) is 9.03. The normalized spacial score (nSPS) is 11.8. The minimum atomic E-state index is -4.40. The summed E-state index contributed by atoms with van der Waals surface area (Å²) in [5.74, 6) is -0.539. The molecule has 0 saturated heterocycles. The van der Waals surface area contributed by atoms with Gasteiger partial charge in [0.05, 0.1) is 24.4 Å². The fourth-order valence-electron chi connectivity index (χ4n) is 0.971. The van der Waals surface area contributed by atoms with Crippen molar-refractivity contribution in [1.29, 1.82) is 0 Å². The number of rotatable bonds is 5. The average Bonchev–Trinajstić information content (AvgIpc) is 2.53. The summed E-state index contributed by atoms with van der Waals surface area (Å²) in [7, 11) is 0. The van der Waals surface area contributed by atoms with Gasteiger partial charge in [0.1, 0.15) is 6.61 Å². The predicted octanol–water partition coefficient (Wildman–Crippen LogP) is 2.02. The number of hydrogen-bond donors (Lipinski definition) is 0. The molecule has 0 radical (unpaired) electrons. The van der Waals surface area contributed by atoms with Crippen molar-refractivity contribution >= 4 is 17.4 Å². The molecule has 0 N–H and O–H groups in total. The van der Waals surface area contributed by atoms with Crippen molar-refractivity contribution in [3.8, 4) is 0 Å².